The van der Waals surface area contributed by atoms with E-state index < -0.39 is 24.5 Å². The van der Waals surface area contributed by atoms with E-state index in [2.05, 4.69) is 10.6 Å². The van der Waals surface area contributed by atoms with E-state index in [-0.39, 0.29) is 18.4 Å². The minimum absolute atomic E-state index is 0.0143. The van der Waals surface area contributed by atoms with E-state index in [1.54, 1.807) is 0 Å². The number of allylic oxidation sites excluding steroid dienone is 2. The Kier molecular flexibility index (Phi) is 6.76. The molecule has 6 heteroatoms. The van der Waals surface area contributed by atoms with Crippen LogP contribution < -0.4 is 10.6 Å². The minimum atomic E-state index is -0.624. The van der Waals surface area contributed by atoms with E-state index in [1.807, 2.05) is 26.0 Å². The van der Waals surface area contributed by atoms with Gasteiger partial charge in [0.05, 0.1) is 6.42 Å². The van der Waals surface area contributed by atoms with Crippen LogP contribution in [0.1, 0.15) is 39.5 Å². The maximum absolute atomic E-state index is 11.5. The van der Waals surface area contributed by atoms with Crippen molar-refractivity contribution in [2.45, 2.75) is 45.6 Å². The van der Waals surface area contributed by atoms with Crippen molar-refractivity contribution in [3.05, 3.63) is 12.2 Å². The molecule has 0 unspecified atom stereocenters. The van der Waals surface area contributed by atoms with Gasteiger partial charge in [-0.1, -0.05) is 19.1 Å². The number of hydrogen-bond acceptors (Lipinski definition) is 4. The van der Waals surface area contributed by atoms with Gasteiger partial charge in [0.25, 0.3) is 5.91 Å². The van der Waals surface area contributed by atoms with Crippen molar-refractivity contribution in [3.63, 3.8) is 0 Å². The molecule has 0 aromatic rings. The lowest BCUT2D eigenvalue weighted by molar-refractivity contribution is -0.148. The maximum atomic E-state index is 11.5. The second-order valence-corrected chi connectivity index (χ2v) is 4.96. The molecule has 0 fully saturated rings. The van der Waals surface area contributed by atoms with E-state index in [1.165, 1.54) is 0 Å². The van der Waals surface area contributed by atoms with Crippen LogP contribution in [0.25, 0.3) is 0 Å². The van der Waals surface area contributed by atoms with Gasteiger partial charge in [0.2, 0.25) is 0 Å². The first kappa shape index (κ1) is 16.2. The van der Waals surface area contributed by atoms with Crippen molar-refractivity contribution in [2.75, 3.05) is 6.61 Å². The molecule has 0 radical (unpaired) electrons. The van der Waals surface area contributed by atoms with Gasteiger partial charge in [-0.25, -0.2) is 4.79 Å². The fourth-order valence-electron chi connectivity index (χ4n) is 1.81. The monoisotopic (exact) mass is 282 g/mol. The molecule has 0 spiro atoms. The zero-order valence-corrected chi connectivity index (χ0v) is 12.0. The summed E-state index contributed by atoms with van der Waals surface area (Å²) in [6.07, 6.45) is 6.99. The molecule has 1 rings (SSSR count). The lowest BCUT2D eigenvalue weighted by Crippen LogP contribution is -2.44. The fourth-order valence-corrected chi connectivity index (χ4v) is 1.81. The molecule has 0 saturated heterocycles. The number of nitrogens with one attached hydrogen (secondary N) is 2. The average molecular weight is 282 g/mol. The summed E-state index contributed by atoms with van der Waals surface area (Å²) in [4.78, 5) is 34.2. The molecule has 2 N–H and O–H groups in total. The minimum Gasteiger partial charge on any atom is -0.456 e. The zero-order valence-electron chi connectivity index (χ0n) is 12.0. The molecule has 6 nitrogen and oxygen atoms in total. The van der Waals surface area contributed by atoms with Crippen molar-refractivity contribution in [1.82, 2.24) is 10.6 Å². The lowest BCUT2D eigenvalue weighted by Gasteiger charge is -2.12. The van der Waals surface area contributed by atoms with E-state index in [0.717, 1.165) is 19.3 Å². The predicted molar refractivity (Wildman–Crippen MR) is 73.9 cm³/mol. The number of urea groups is 1. The summed E-state index contributed by atoms with van der Waals surface area (Å²) in [6.45, 7) is 3.33. The molecule has 0 aromatic carbocycles. The molecular weight excluding hydrogens is 260 g/mol. The third kappa shape index (κ3) is 6.36. The molecule has 2 atom stereocenters. The molecule has 0 bridgehead atoms. The Morgan fingerprint density at radius 2 is 2.15 bits per heavy atom. The van der Waals surface area contributed by atoms with Crippen LogP contribution in [0.4, 0.5) is 4.79 Å². The Labute approximate surface area is 118 Å². The van der Waals surface area contributed by atoms with Crippen molar-refractivity contribution in [2.24, 2.45) is 5.92 Å². The van der Waals surface area contributed by atoms with Crippen LogP contribution in [0, 0.1) is 5.92 Å². The molecule has 0 saturated carbocycles. The smallest absolute Gasteiger partial charge is 0.321 e. The first-order valence-electron chi connectivity index (χ1n) is 6.94. The number of carbonyl (C=O) groups is 3. The van der Waals surface area contributed by atoms with Crippen LogP contribution in [0.2, 0.25) is 0 Å². The van der Waals surface area contributed by atoms with Crippen molar-refractivity contribution >= 4 is 17.9 Å². The van der Waals surface area contributed by atoms with Gasteiger partial charge in [-0.15, -0.1) is 0 Å². The third-order valence-electron chi connectivity index (χ3n) is 3.15. The van der Waals surface area contributed by atoms with Gasteiger partial charge in [0, 0.05) is 6.04 Å². The summed E-state index contributed by atoms with van der Waals surface area (Å²) in [5.74, 6) is -0.834. The number of ether oxygens (including phenoxy) is 1. The highest BCUT2D eigenvalue weighted by atomic mass is 16.5. The van der Waals surface area contributed by atoms with Crippen LogP contribution >= 0.6 is 0 Å². The van der Waals surface area contributed by atoms with Crippen molar-refractivity contribution in [1.29, 1.82) is 0 Å². The lowest BCUT2D eigenvalue weighted by atomic mass is 10.1. The summed E-state index contributed by atoms with van der Waals surface area (Å²) in [5, 5.41) is 4.70. The summed E-state index contributed by atoms with van der Waals surface area (Å²) in [5.41, 5.74) is 0. The van der Waals surface area contributed by atoms with Gasteiger partial charge in [-0.3, -0.25) is 14.9 Å². The van der Waals surface area contributed by atoms with E-state index in [9.17, 15) is 14.4 Å². The normalized spacial score (nSPS) is 18.4. The van der Waals surface area contributed by atoms with Crippen LogP contribution in [0.15, 0.2) is 12.2 Å². The summed E-state index contributed by atoms with van der Waals surface area (Å²) >= 11 is 0. The largest absolute Gasteiger partial charge is 0.456 e. The number of carbonyl (C=O) groups excluding carboxylic acids is 3. The van der Waals surface area contributed by atoms with E-state index >= 15 is 0 Å². The van der Waals surface area contributed by atoms with Crippen LogP contribution in [-0.2, 0) is 14.3 Å². The van der Waals surface area contributed by atoms with Crippen molar-refractivity contribution < 1.29 is 19.1 Å². The summed E-state index contributed by atoms with van der Waals surface area (Å²) in [7, 11) is 0. The van der Waals surface area contributed by atoms with Crippen LogP contribution in [0.3, 0.4) is 0 Å². The molecule has 1 aliphatic carbocycles. The summed E-state index contributed by atoms with van der Waals surface area (Å²) < 4.78 is 4.83. The van der Waals surface area contributed by atoms with Gasteiger partial charge < -0.3 is 10.1 Å². The molecular formula is C14H22N2O4. The first-order valence-corrected chi connectivity index (χ1v) is 6.94. The highest BCUT2D eigenvalue weighted by Gasteiger charge is 2.16. The molecule has 0 aliphatic heterocycles. The average Bonchev–Trinajstić information content (AvgIpc) is 2.88. The summed E-state index contributed by atoms with van der Waals surface area (Å²) in [6, 6.07) is -0.585. The Morgan fingerprint density at radius 3 is 2.75 bits per heavy atom. The Hall–Kier alpha value is -1.85. The van der Waals surface area contributed by atoms with E-state index in [4.69, 9.17) is 4.74 Å². The van der Waals surface area contributed by atoms with Gasteiger partial charge in [0.1, 0.15) is 0 Å². The fraction of sp³-hybridized carbons (Fsp3) is 0.643. The van der Waals surface area contributed by atoms with E-state index in [0.29, 0.717) is 0 Å². The molecule has 1 aliphatic rings. The zero-order chi connectivity index (χ0) is 15.0. The van der Waals surface area contributed by atoms with Gasteiger partial charge in [0.15, 0.2) is 6.61 Å². The number of rotatable bonds is 6. The Morgan fingerprint density at radius 1 is 1.40 bits per heavy atom. The molecule has 112 valence electrons. The first-order chi connectivity index (χ1) is 9.51. The molecule has 0 aromatic heterocycles. The number of amides is 3. The quantitative estimate of drug-likeness (QED) is 0.571. The highest BCUT2D eigenvalue weighted by molar-refractivity contribution is 5.95. The molecule has 20 heavy (non-hydrogen) atoms. The van der Waals surface area contributed by atoms with Gasteiger partial charge in [-0.05, 0) is 32.1 Å². The second-order valence-electron chi connectivity index (χ2n) is 4.96. The number of imide groups is 1. The molecule has 0 heterocycles. The SMILES string of the molecule is CC[C@H](C)NC(=O)NC(=O)COC(=O)C[C@H]1C=CCC1. The molecule has 3 amide bonds. The second kappa shape index (κ2) is 8.35. The van der Waals surface area contributed by atoms with Gasteiger partial charge in [-0.2, -0.15) is 0 Å². The number of hydrogen-bond donors (Lipinski definition) is 2. The number of esters is 1. The predicted octanol–water partition coefficient (Wildman–Crippen LogP) is 1.51. The van der Waals surface area contributed by atoms with Crippen LogP contribution in [-0.4, -0.2) is 30.6 Å². The van der Waals surface area contributed by atoms with Crippen molar-refractivity contribution in [3.8, 4) is 0 Å². The van der Waals surface area contributed by atoms with Gasteiger partial charge >= 0.3 is 12.0 Å². The maximum Gasteiger partial charge on any atom is 0.321 e. The Bertz CT molecular complexity index is 393. The van der Waals surface area contributed by atoms with Crippen LogP contribution in [0.5, 0.6) is 0 Å². The standard InChI is InChI=1S/C14H22N2O4/c1-3-10(2)15-14(19)16-12(17)9-20-13(18)8-11-6-4-5-7-11/h4,6,10-11H,3,5,7-9H2,1-2H3,(H2,15,16,17,19)/t10-,11-/m0/s1. The highest BCUT2D eigenvalue weighted by Crippen LogP contribution is 2.20. The third-order valence-corrected chi connectivity index (χ3v) is 3.15. The topological polar surface area (TPSA) is 84.5 Å². The Balaban J connectivity index is 2.17.